The number of aryl methyl sites for hydroxylation is 1. The monoisotopic (exact) mass is 339 g/mol. The van der Waals surface area contributed by atoms with Crippen LogP contribution in [0.25, 0.3) is 5.69 Å². The Morgan fingerprint density at radius 1 is 1.25 bits per heavy atom. The zero-order valence-corrected chi connectivity index (χ0v) is 13.9. The second kappa shape index (κ2) is 6.52. The summed E-state index contributed by atoms with van der Waals surface area (Å²) in [6, 6.07) is 9.91. The number of para-hydroxylation sites is 1. The van der Waals surface area contributed by atoms with Crippen molar-refractivity contribution < 1.29 is 4.79 Å². The lowest BCUT2D eigenvalue weighted by molar-refractivity contribution is -0.116. The number of hydrogen-bond donors (Lipinski definition) is 1. The third kappa shape index (κ3) is 3.51. The first-order chi connectivity index (χ1) is 11.8. The van der Waals surface area contributed by atoms with Crippen molar-refractivity contribution in [3.05, 3.63) is 53.3 Å². The van der Waals surface area contributed by atoms with Crippen molar-refractivity contribution in [2.45, 2.75) is 31.6 Å². The molecule has 2 heterocycles. The van der Waals surface area contributed by atoms with Gasteiger partial charge in [-0.15, -0.1) is 10.2 Å². The standard InChI is InChI=1S/C17H17N5OS/c23-15(19-17-21-20-16(24-17)13-7-8-13)9-6-12-10-18-22(11-12)14-4-2-1-3-5-14/h1-5,10-11,13H,6-9H2,(H,19,21,23). The summed E-state index contributed by atoms with van der Waals surface area (Å²) in [4.78, 5) is 12.1. The van der Waals surface area contributed by atoms with E-state index in [1.165, 1.54) is 24.2 Å². The van der Waals surface area contributed by atoms with E-state index in [-0.39, 0.29) is 5.91 Å². The number of amides is 1. The molecule has 0 aliphatic heterocycles. The van der Waals surface area contributed by atoms with Crippen LogP contribution in [0.1, 0.15) is 35.8 Å². The summed E-state index contributed by atoms with van der Waals surface area (Å²) in [6.45, 7) is 0. The van der Waals surface area contributed by atoms with Crippen molar-refractivity contribution >= 4 is 22.4 Å². The molecule has 24 heavy (non-hydrogen) atoms. The van der Waals surface area contributed by atoms with Crippen molar-refractivity contribution in [3.8, 4) is 5.69 Å². The first-order valence-electron chi connectivity index (χ1n) is 8.00. The number of carbonyl (C=O) groups excluding carboxylic acids is 1. The molecule has 0 saturated heterocycles. The molecule has 2 aromatic heterocycles. The highest BCUT2D eigenvalue weighted by Gasteiger charge is 2.27. The van der Waals surface area contributed by atoms with Gasteiger partial charge in [0.2, 0.25) is 11.0 Å². The van der Waals surface area contributed by atoms with E-state index < -0.39 is 0 Å². The van der Waals surface area contributed by atoms with Crippen molar-refractivity contribution in [1.29, 1.82) is 0 Å². The normalized spacial score (nSPS) is 13.8. The molecular formula is C17H17N5OS. The molecule has 1 aliphatic rings. The van der Waals surface area contributed by atoms with E-state index in [0.29, 0.717) is 23.9 Å². The van der Waals surface area contributed by atoms with Crippen molar-refractivity contribution in [3.63, 3.8) is 0 Å². The Labute approximate surface area is 143 Å². The average Bonchev–Trinajstić information content (AvgIpc) is 3.17. The number of benzene rings is 1. The van der Waals surface area contributed by atoms with Crippen LogP contribution in [0.4, 0.5) is 5.13 Å². The van der Waals surface area contributed by atoms with Crippen LogP contribution in [0.5, 0.6) is 0 Å². The van der Waals surface area contributed by atoms with E-state index in [1.807, 2.05) is 41.2 Å². The minimum absolute atomic E-state index is 0.0408. The van der Waals surface area contributed by atoms with Crippen molar-refractivity contribution in [1.82, 2.24) is 20.0 Å². The number of rotatable bonds is 6. The summed E-state index contributed by atoms with van der Waals surface area (Å²) in [5.41, 5.74) is 2.04. The summed E-state index contributed by atoms with van der Waals surface area (Å²) in [7, 11) is 0. The topological polar surface area (TPSA) is 72.7 Å². The smallest absolute Gasteiger partial charge is 0.226 e. The Balaban J connectivity index is 1.31. The Morgan fingerprint density at radius 3 is 2.88 bits per heavy atom. The van der Waals surface area contributed by atoms with Gasteiger partial charge in [0, 0.05) is 18.5 Å². The lowest BCUT2D eigenvalue weighted by Gasteiger charge is -2.00. The highest BCUT2D eigenvalue weighted by molar-refractivity contribution is 7.15. The van der Waals surface area contributed by atoms with E-state index in [4.69, 9.17) is 0 Å². The fraction of sp³-hybridized carbons (Fsp3) is 0.294. The largest absolute Gasteiger partial charge is 0.301 e. The van der Waals surface area contributed by atoms with Gasteiger partial charge < -0.3 is 5.32 Å². The molecule has 1 amide bonds. The minimum atomic E-state index is -0.0408. The van der Waals surface area contributed by atoms with Crippen LogP contribution >= 0.6 is 11.3 Å². The van der Waals surface area contributed by atoms with Crippen LogP contribution in [-0.2, 0) is 11.2 Å². The molecule has 1 aromatic carbocycles. The van der Waals surface area contributed by atoms with E-state index in [0.717, 1.165) is 16.3 Å². The predicted octanol–water partition coefficient (Wildman–Crippen LogP) is 3.17. The minimum Gasteiger partial charge on any atom is -0.301 e. The van der Waals surface area contributed by atoms with Crippen molar-refractivity contribution in [2.75, 3.05) is 5.32 Å². The lowest BCUT2D eigenvalue weighted by atomic mass is 10.2. The number of anilines is 1. The maximum Gasteiger partial charge on any atom is 0.226 e. The van der Waals surface area contributed by atoms with Gasteiger partial charge in [-0.05, 0) is 37.0 Å². The van der Waals surface area contributed by atoms with Crippen LogP contribution in [0, 0.1) is 0 Å². The first-order valence-corrected chi connectivity index (χ1v) is 8.82. The Hall–Kier alpha value is -2.54. The SMILES string of the molecule is O=C(CCc1cnn(-c2ccccc2)c1)Nc1nnc(C2CC2)s1. The number of hydrogen-bond acceptors (Lipinski definition) is 5. The molecule has 0 spiro atoms. The highest BCUT2D eigenvalue weighted by atomic mass is 32.1. The van der Waals surface area contributed by atoms with Crippen LogP contribution in [0.2, 0.25) is 0 Å². The number of nitrogens with zero attached hydrogens (tertiary/aromatic N) is 4. The van der Waals surface area contributed by atoms with E-state index in [9.17, 15) is 4.79 Å². The third-order valence-electron chi connectivity index (χ3n) is 3.91. The number of carbonyl (C=O) groups is 1. The van der Waals surface area contributed by atoms with Gasteiger partial charge in [-0.1, -0.05) is 29.5 Å². The summed E-state index contributed by atoms with van der Waals surface area (Å²) < 4.78 is 1.82. The van der Waals surface area contributed by atoms with Gasteiger partial charge in [0.1, 0.15) is 5.01 Å². The van der Waals surface area contributed by atoms with Gasteiger partial charge >= 0.3 is 0 Å². The molecule has 1 N–H and O–H groups in total. The molecule has 0 atom stereocenters. The van der Waals surface area contributed by atoms with E-state index in [1.54, 1.807) is 6.20 Å². The molecule has 122 valence electrons. The second-order valence-corrected chi connectivity index (χ2v) is 6.91. The zero-order chi connectivity index (χ0) is 16.4. The fourth-order valence-electron chi connectivity index (χ4n) is 2.43. The molecule has 7 heteroatoms. The summed E-state index contributed by atoms with van der Waals surface area (Å²) >= 11 is 1.48. The van der Waals surface area contributed by atoms with Gasteiger partial charge in [0.15, 0.2) is 0 Å². The number of nitrogens with one attached hydrogen (secondary N) is 1. The fourth-order valence-corrected chi connectivity index (χ4v) is 3.36. The van der Waals surface area contributed by atoms with Crippen LogP contribution < -0.4 is 5.32 Å². The van der Waals surface area contributed by atoms with Crippen molar-refractivity contribution in [2.24, 2.45) is 0 Å². The van der Waals surface area contributed by atoms with Gasteiger partial charge in [-0.2, -0.15) is 5.10 Å². The Morgan fingerprint density at radius 2 is 2.08 bits per heavy atom. The van der Waals surface area contributed by atoms with Gasteiger partial charge in [0.25, 0.3) is 0 Å². The highest BCUT2D eigenvalue weighted by Crippen LogP contribution is 2.42. The van der Waals surface area contributed by atoms with Crippen LogP contribution in [0.15, 0.2) is 42.7 Å². The Kier molecular flexibility index (Phi) is 4.08. The predicted molar refractivity (Wildman–Crippen MR) is 92.4 cm³/mol. The second-order valence-electron chi connectivity index (χ2n) is 5.90. The zero-order valence-electron chi connectivity index (χ0n) is 13.1. The lowest BCUT2D eigenvalue weighted by Crippen LogP contribution is -2.12. The molecule has 3 aromatic rings. The Bertz CT molecular complexity index is 838. The van der Waals surface area contributed by atoms with Gasteiger partial charge in [-0.3, -0.25) is 4.79 Å². The molecule has 0 unspecified atom stereocenters. The summed E-state index contributed by atoms with van der Waals surface area (Å²) in [5.74, 6) is 0.526. The quantitative estimate of drug-likeness (QED) is 0.749. The maximum atomic E-state index is 12.1. The molecule has 6 nitrogen and oxygen atoms in total. The molecule has 0 radical (unpaired) electrons. The van der Waals surface area contributed by atoms with E-state index >= 15 is 0 Å². The molecule has 1 saturated carbocycles. The average molecular weight is 339 g/mol. The maximum absolute atomic E-state index is 12.1. The molecule has 1 fully saturated rings. The van der Waals surface area contributed by atoms with Gasteiger partial charge in [-0.25, -0.2) is 4.68 Å². The molecule has 0 bridgehead atoms. The first kappa shape index (κ1) is 15.0. The molecular weight excluding hydrogens is 322 g/mol. The van der Waals surface area contributed by atoms with E-state index in [2.05, 4.69) is 20.6 Å². The third-order valence-corrected chi connectivity index (χ3v) is 4.91. The molecule has 1 aliphatic carbocycles. The number of aromatic nitrogens is 4. The molecule has 4 rings (SSSR count). The summed E-state index contributed by atoms with van der Waals surface area (Å²) in [5, 5.41) is 17.0. The summed E-state index contributed by atoms with van der Waals surface area (Å²) in [6.07, 6.45) is 7.18. The van der Waals surface area contributed by atoms with Gasteiger partial charge in [0.05, 0.1) is 11.9 Å². The van der Waals surface area contributed by atoms with Crippen LogP contribution in [0.3, 0.4) is 0 Å². The van der Waals surface area contributed by atoms with Crippen LogP contribution in [-0.4, -0.2) is 25.9 Å².